The van der Waals surface area contributed by atoms with Crippen molar-refractivity contribution in [2.45, 2.75) is 32.2 Å². The summed E-state index contributed by atoms with van der Waals surface area (Å²) in [4.78, 5) is 20.0. The third kappa shape index (κ3) is 2.87. The maximum absolute atomic E-state index is 11.9. The molecule has 0 fully saturated rings. The first-order valence-corrected chi connectivity index (χ1v) is 9.45. The van der Waals surface area contributed by atoms with E-state index >= 15 is 0 Å². The highest BCUT2D eigenvalue weighted by atomic mass is 16.5. The van der Waals surface area contributed by atoms with E-state index in [4.69, 9.17) is 9.73 Å². The van der Waals surface area contributed by atoms with Crippen LogP contribution in [0.15, 0.2) is 63.4 Å². The minimum absolute atomic E-state index is 0.0798. The number of nitrogens with zero attached hydrogens (tertiary/aromatic N) is 1. The van der Waals surface area contributed by atoms with Gasteiger partial charge in [-0.3, -0.25) is 9.79 Å². The Morgan fingerprint density at radius 1 is 1.32 bits per heavy atom. The van der Waals surface area contributed by atoms with Crippen LogP contribution in [0.25, 0.3) is 0 Å². The molecule has 2 unspecified atom stereocenters. The number of rotatable bonds is 3. The monoisotopic (exact) mass is 376 g/mol. The highest BCUT2D eigenvalue weighted by Gasteiger charge is 2.46. The molecule has 144 valence electrons. The number of hydrogen-bond acceptors (Lipinski definition) is 4. The standard InChI is InChI=1S/C23H24N2O3/c1-4-17-16-9-14(2)12-23(17,18-6-8-22(27)25-19(18)11-16)24-13-15-5-7-20(26)21(10-15)28-3/h4-10,13,16,26H,11-12H2,1-3H3,(H,25,27)/b17-4+,24-13?. The molecule has 1 aromatic carbocycles. The summed E-state index contributed by atoms with van der Waals surface area (Å²) in [5, 5.41) is 9.84. The van der Waals surface area contributed by atoms with E-state index in [0.717, 1.165) is 29.7 Å². The normalized spacial score (nSPS) is 24.9. The SMILES string of the molecule is C/C=C1\C2C=C(C)CC1(N=Cc1ccc(O)c(OC)c1)c1ccc(=O)[nH]c1C2. The van der Waals surface area contributed by atoms with E-state index in [2.05, 4.69) is 31.0 Å². The maximum Gasteiger partial charge on any atom is 0.248 e. The Bertz CT molecular complexity index is 1080. The molecule has 5 heteroatoms. The number of H-pyrrole nitrogens is 1. The molecule has 4 rings (SSSR count). The number of benzene rings is 1. The molecule has 2 atom stereocenters. The number of aromatic nitrogens is 1. The highest BCUT2D eigenvalue weighted by molar-refractivity contribution is 5.82. The molecule has 1 heterocycles. The molecule has 2 aromatic rings. The van der Waals surface area contributed by atoms with E-state index in [1.165, 1.54) is 18.3 Å². The molecule has 0 saturated carbocycles. The first-order valence-electron chi connectivity index (χ1n) is 9.45. The molecule has 0 amide bonds. The predicted octanol–water partition coefficient (Wildman–Crippen LogP) is 3.87. The van der Waals surface area contributed by atoms with Gasteiger partial charge in [-0.05, 0) is 55.7 Å². The van der Waals surface area contributed by atoms with E-state index in [1.54, 1.807) is 18.2 Å². The average Bonchev–Trinajstić information content (AvgIpc) is 2.66. The summed E-state index contributed by atoms with van der Waals surface area (Å²) in [7, 11) is 1.53. The van der Waals surface area contributed by atoms with E-state index in [9.17, 15) is 9.90 Å². The van der Waals surface area contributed by atoms with Crippen molar-refractivity contribution in [1.82, 2.24) is 4.98 Å². The van der Waals surface area contributed by atoms with E-state index in [1.807, 2.05) is 18.3 Å². The molecular formula is C23H24N2O3. The molecule has 0 saturated heterocycles. The van der Waals surface area contributed by atoms with Gasteiger partial charge in [0.05, 0.1) is 7.11 Å². The Morgan fingerprint density at radius 2 is 2.14 bits per heavy atom. The largest absolute Gasteiger partial charge is 0.504 e. The number of aliphatic imine (C=N–C) groups is 1. The second-order valence-corrected chi connectivity index (χ2v) is 7.51. The molecule has 2 N–H and O–H groups in total. The van der Waals surface area contributed by atoms with Gasteiger partial charge >= 0.3 is 0 Å². The van der Waals surface area contributed by atoms with Gasteiger partial charge in [0.15, 0.2) is 11.5 Å². The number of pyridine rings is 1. The number of hydrogen-bond donors (Lipinski definition) is 2. The predicted molar refractivity (Wildman–Crippen MR) is 110 cm³/mol. The summed E-state index contributed by atoms with van der Waals surface area (Å²) in [5.74, 6) is 0.749. The first kappa shape index (κ1) is 18.3. The third-order valence-corrected chi connectivity index (χ3v) is 5.72. The minimum atomic E-state index is -0.527. The van der Waals surface area contributed by atoms with E-state index < -0.39 is 5.54 Å². The summed E-state index contributed by atoms with van der Waals surface area (Å²) in [6.07, 6.45) is 7.85. The first-order chi connectivity index (χ1) is 13.5. The third-order valence-electron chi connectivity index (χ3n) is 5.72. The molecule has 2 aliphatic carbocycles. The van der Waals surface area contributed by atoms with Crippen LogP contribution in [0.4, 0.5) is 0 Å². The second kappa shape index (κ2) is 6.82. The Morgan fingerprint density at radius 3 is 2.89 bits per heavy atom. The van der Waals surface area contributed by atoms with Crippen LogP contribution in [-0.4, -0.2) is 23.4 Å². The lowest BCUT2D eigenvalue weighted by Gasteiger charge is -2.45. The molecule has 0 aliphatic heterocycles. The number of allylic oxidation sites excluding steroid dienone is 2. The topological polar surface area (TPSA) is 74.7 Å². The van der Waals surface area contributed by atoms with Crippen LogP contribution in [-0.2, 0) is 12.0 Å². The maximum atomic E-state index is 11.9. The number of aromatic hydroxyl groups is 1. The fourth-order valence-electron chi connectivity index (χ4n) is 4.61. The zero-order valence-electron chi connectivity index (χ0n) is 16.3. The van der Waals surface area contributed by atoms with Gasteiger partial charge in [-0.15, -0.1) is 0 Å². The van der Waals surface area contributed by atoms with Crippen molar-refractivity contribution in [2.24, 2.45) is 10.9 Å². The second-order valence-electron chi connectivity index (χ2n) is 7.51. The summed E-state index contributed by atoms with van der Waals surface area (Å²) in [6, 6.07) is 8.69. The van der Waals surface area contributed by atoms with Crippen LogP contribution in [0.1, 0.15) is 37.1 Å². The fraction of sp³-hybridized carbons (Fsp3) is 0.304. The molecule has 5 nitrogen and oxygen atoms in total. The molecule has 2 aliphatic rings. The Labute approximate surface area is 164 Å². The van der Waals surface area contributed by atoms with Gasteiger partial charge in [-0.25, -0.2) is 0 Å². The van der Waals surface area contributed by atoms with Crippen LogP contribution in [0.3, 0.4) is 0 Å². The summed E-state index contributed by atoms with van der Waals surface area (Å²) >= 11 is 0. The zero-order chi connectivity index (χ0) is 19.9. The molecular weight excluding hydrogens is 352 g/mol. The van der Waals surface area contributed by atoms with Crippen molar-refractivity contribution in [1.29, 1.82) is 0 Å². The highest BCUT2D eigenvalue weighted by Crippen LogP contribution is 2.51. The molecule has 2 bridgehead atoms. The van der Waals surface area contributed by atoms with Gasteiger partial charge in [0, 0.05) is 35.9 Å². The van der Waals surface area contributed by atoms with Gasteiger partial charge in [-0.2, -0.15) is 0 Å². The van der Waals surface area contributed by atoms with Crippen LogP contribution in [0.2, 0.25) is 0 Å². The van der Waals surface area contributed by atoms with E-state index in [-0.39, 0.29) is 17.2 Å². The minimum Gasteiger partial charge on any atom is -0.504 e. The lowest BCUT2D eigenvalue weighted by molar-refractivity contribution is 0.373. The lowest BCUT2D eigenvalue weighted by Crippen LogP contribution is -2.40. The van der Waals surface area contributed by atoms with E-state index in [0.29, 0.717) is 5.75 Å². The smallest absolute Gasteiger partial charge is 0.248 e. The molecule has 1 aromatic heterocycles. The van der Waals surface area contributed by atoms with Gasteiger partial charge in [0.1, 0.15) is 5.54 Å². The van der Waals surface area contributed by atoms with Crippen molar-refractivity contribution in [3.8, 4) is 11.5 Å². The Hall–Kier alpha value is -3.08. The van der Waals surface area contributed by atoms with Gasteiger partial charge in [-0.1, -0.05) is 17.7 Å². The summed E-state index contributed by atoms with van der Waals surface area (Å²) < 4.78 is 5.21. The number of aromatic amines is 1. The number of fused-ring (bicyclic) bond motifs is 4. The average molecular weight is 376 g/mol. The zero-order valence-corrected chi connectivity index (χ0v) is 16.3. The van der Waals surface area contributed by atoms with Crippen molar-refractivity contribution in [3.05, 3.63) is 80.8 Å². The summed E-state index contributed by atoms with van der Waals surface area (Å²) in [6.45, 7) is 4.20. The quantitative estimate of drug-likeness (QED) is 0.631. The number of phenols is 1. The fourth-order valence-corrected chi connectivity index (χ4v) is 4.61. The Balaban J connectivity index is 1.88. The van der Waals surface area contributed by atoms with Crippen LogP contribution in [0, 0.1) is 5.92 Å². The molecule has 28 heavy (non-hydrogen) atoms. The van der Waals surface area contributed by atoms with Gasteiger partial charge in [0.2, 0.25) is 5.56 Å². The number of phenolic OH excluding ortho intramolecular Hbond substituents is 1. The molecule has 0 radical (unpaired) electrons. The van der Waals surface area contributed by atoms with Gasteiger partial charge < -0.3 is 14.8 Å². The van der Waals surface area contributed by atoms with Crippen LogP contribution in [0.5, 0.6) is 11.5 Å². The number of ether oxygens (including phenoxy) is 1. The number of methoxy groups -OCH3 is 1. The lowest BCUT2D eigenvalue weighted by atomic mass is 9.63. The number of nitrogens with one attached hydrogen (secondary N) is 1. The van der Waals surface area contributed by atoms with Crippen molar-refractivity contribution in [2.75, 3.05) is 7.11 Å². The summed E-state index contributed by atoms with van der Waals surface area (Å²) in [5.41, 5.74) is 4.83. The molecule has 0 spiro atoms. The van der Waals surface area contributed by atoms with Crippen LogP contribution >= 0.6 is 0 Å². The van der Waals surface area contributed by atoms with Crippen molar-refractivity contribution in [3.63, 3.8) is 0 Å². The van der Waals surface area contributed by atoms with Crippen molar-refractivity contribution >= 4 is 6.21 Å². The Kier molecular flexibility index (Phi) is 4.46. The van der Waals surface area contributed by atoms with Gasteiger partial charge in [0.25, 0.3) is 0 Å². The van der Waals surface area contributed by atoms with Crippen molar-refractivity contribution < 1.29 is 9.84 Å². The van der Waals surface area contributed by atoms with Crippen LogP contribution < -0.4 is 10.3 Å².